The quantitative estimate of drug-likeness (QED) is 0.909. The zero-order valence-electron chi connectivity index (χ0n) is 11.3. The lowest BCUT2D eigenvalue weighted by Crippen LogP contribution is -2.25. The first kappa shape index (κ1) is 14.9. The molecule has 0 bridgehead atoms. The van der Waals surface area contributed by atoms with Crippen LogP contribution in [0.3, 0.4) is 0 Å². The van der Waals surface area contributed by atoms with Gasteiger partial charge in [0.15, 0.2) is 11.6 Å². The molecule has 0 aliphatic carbocycles. The average molecular weight is 328 g/mol. The molecule has 1 aromatic carbocycles. The molecule has 22 heavy (non-hydrogen) atoms. The van der Waals surface area contributed by atoms with Crippen LogP contribution in [0.25, 0.3) is 0 Å². The van der Waals surface area contributed by atoms with Crippen LogP contribution in [0.5, 0.6) is 0 Å². The Hall–Kier alpha value is -1.99. The van der Waals surface area contributed by atoms with Gasteiger partial charge in [0.05, 0.1) is 17.9 Å². The van der Waals surface area contributed by atoms with Crippen LogP contribution in [-0.2, 0) is 4.74 Å². The number of benzene rings is 1. The number of H-pyrrole nitrogens is 1. The minimum atomic E-state index is -0.928. The largest absolute Gasteiger partial charge is 0.377 e. The fraction of sp³-hybridized carbons (Fsp3) is 0.286. The van der Waals surface area contributed by atoms with Gasteiger partial charge in [-0.15, -0.1) is 0 Å². The first-order valence-corrected chi connectivity index (χ1v) is 7.00. The van der Waals surface area contributed by atoms with Gasteiger partial charge >= 0.3 is 0 Å². The molecule has 8 heteroatoms. The molecular formula is C14H12ClF2N3O2. The highest BCUT2D eigenvalue weighted by Gasteiger charge is 2.31. The third-order valence-electron chi connectivity index (χ3n) is 3.50. The summed E-state index contributed by atoms with van der Waals surface area (Å²) in [5.74, 6) is -1.84. The lowest BCUT2D eigenvalue weighted by Gasteiger charge is -2.21. The molecule has 0 spiro atoms. The second kappa shape index (κ2) is 6.02. The van der Waals surface area contributed by atoms with E-state index in [0.717, 1.165) is 12.1 Å². The van der Waals surface area contributed by atoms with Crippen molar-refractivity contribution in [1.82, 2.24) is 10.2 Å². The highest BCUT2D eigenvalue weighted by atomic mass is 35.5. The molecule has 2 unspecified atom stereocenters. The second-order valence-corrected chi connectivity index (χ2v) is 5.31. The molecular weight excluding hydrogens is 316 g/mol. The van der Waals surface area contributed by atoms with Crippen LogP contribution in [0.4, 0.5) is 14.5 Å². The Morgan fingerprint density at radius 1 is 1.36 bits per heavy atom. The lowest BCUT2D eigenvalue weighted by molar-refractivity contribution is 0.107. The molecule has 3 rings (SSSR count). The molecule has 0 radical (unpaired) electrons. The van der Waals surface area contributed by atoms with E-state index in [2.05, 4.69) is 15.5 Å². The van der Waals surface area contributed by atoms with E-state index in [0.29, 0.717) is 24.3 Å². The summed E-state index contributed by atoms with van der Waals surface area (Å²) >= 11 is 5.91. The SMILES string of the molecule is O=c1[nH]ncc(NC2CCOC2c2ccc(F)c(F)c2)c1Cl. The van der Waals surface area contributed by atoms with Gasteiger partial charge in [-0.2, -0.15) is 5.10 Å². The van der Waals surface area contributed by atoms with E-state index < -0.39 is 23.3 Å². The standard InChI is InChI=1S/C14H12ClF2N3O2/c15-12-11(6-18-20-14(12)21)19-10-3-4-22-13(10)7-1-2-8(16)9(17)5-7/h1-2,5-6,10,13H,3-4H2,(H2,19,20,21). The molecule has 1 fully saturated rings. The molecule has 116 valence electrons. The van der Waals surface area contributed by atoms with Gasteiger partial charge < -0.3 is 10.1 Å². The van der Waals surface area contributed by atoms with Gasteiger partial charge in [-0.1, -0.05) is 17.7 Å². The smallest absolute Gasteiger partial charge is 0.285 e. The predicted octanol–water partition coefficient (Wildman–Crippen LogP) is 2.64. The Kier molecular flexibility index (Phi) is 4.08. The summed E-state index contributed by atoms with van der Waals surface area (Å²) in [6, 6.07) is 3.41. The Labute approximate surface area is 129 Å². The van der Waals surface area contributed by atoms with Crippen molar-refractivity contribution < 1.29 is 13.5 Å². The molecule has 1 saturated heterocycles. The van der Waals surface area contributed by atoms with Crippen LogP contribution in [0.1, 0.15) is 18.1 Å². The van der Waals surface area contributed by atoms with Crippen LogP contribution in [0, 0.1) is 11.6 Å². The summed E-state index contributed by atoms with van der Waals surface area (Å²) in [5.41, 5.74) is 0.381. The van der Waals surface area contributed by atoms with E-state index in [1.54, 1.807) is 0 Å². The lowest BCUT2D eigenvalue weighted by atomic mass is 10.0. The summed E-state index contributed by atoms with van der Waals surface area (Å²) in [6.45, 7) is 0.454. The third kappa shape index (κ3) is 2.82. The van der Waals surface area contributed by atoms with Crippen molar-refractivity contribution in [3.05, 3.63) is 57.0 Å². The summed E-state index contributed by atoms with van der Waals surface area (Å²) < 4.78 is 32.0. The van der Waals surface area contributed by atoms with Crippen molar-refractivity contribution in [3.63, 3.8) is 0 Å². The maximum atomic E-state index is 13.4. The van der Waals surface area contributed by atoms with Crippen molar-refractivity contribution >= 4 is 17.3 Å². The molecule has 1 aliphatic rings. The first-order chi connectivity index (χ1) is 10.6. The molecule has 2 atom stereocenters. The molecule has 0 saturated carbocycles. The predicted molar refractivity (Wildman–Crippen MR) is 76.9 cm³/mol. The number of hydrogen-bond donors (Lipinski definition) is 2. The van der Waals surface area contributed by atoms with E-state index in [1.807, 2.05) is 0 Å². The highest BCUT2D eigenvalue weighted by Crippen LogP contribution is 2.33. The fourth-order valence-electron chi connectivity index (χ4n) is 2.44. The number of halogens is 3. The van der Waals surface area contributed by atoms with E-state index >= 15 is 0 Å². The molecule has 1 aromatic heterocycles. The van der Waals surface area contributed by atoms with Crippen LogP contribution in [0.15, 0.2) is 29.2 Å². The van der Waals surface area contributed by atoms with Crippen LogP contribution in [-0.4, -0.2) is 22.8 Å². The average Bonchev–Trinajstić information content (AvgIpc) is 2.95. The van der Waals surface area contributed by atoms with Gasteiger partial charge in [0.25, 0.3) is 5.56 Å². The zero-order chi connectivity index (χ0) is 15.7. The molecule has 5 nitrogen and oxygen atoms in total. The normalized spacial score (nSPS) is 21.0. The van der Waals surface area contributed by atoms with E-state index in [9.17, 15) is 13.6 Å². The number of nitrogens with zero attached hydrogens (tertiary/aromatic N) is 1. The number of aromatic nitrogens is 2. The van der Waals surface area contributed by atoms with Gasteiger partial charge in [0.1, 0.15) is 11.1 Å². The number of aromatic amines is 1. The summed E-state index contributed by atoms with van der Waals surface area (Å²) in [6.07, 6.45) is 1.56. The highest BCUT2D eigenvalue weighted by molar-refractivity contribution is 6.32. The molecule has 0 amide bonds. The van der Waals surface area contributed by atoms with Crippen LogP contribution >= 0.6 is 11.6 Å². The van der Waals surface area contributed by atoms with Crippen molar-refractivity contribution in [3.8, 4) is 0 Å². The van der Waals surface area contributed by atoms with Crippen molar-refractivity contribution in [2.75, 3.05) is 11.9 Å². The Morgan fingerprint density at radius 2 is 2.18 bits per heavy atom. The molecule has 1 aliphatic heterocycles. The number of anilines is 1. The summed E-state index contributed by atoms with van der Waals surface area (Å²) in [4.78, 5) is 11.4. The van der Waals surface area contributed by atoms with E-state index in [4.69, 9.17) is 16.3 Å². The van der Waals surface area contributed by atoms with Gasteiger partial charge in [-0.3, -0.25) is 4.79 Å². The van der Waals surface area contributed by atoms with Gasteiger partial charge in [-0.05, 0) is 24.1 Å². The van der Waals surface area contributed by atoms with Gasteiger partial charge in [0.2, 0.25) is 0 Å². The fourth-order valence-corrected chi connectivity index (χ4v) is 2.58. The number of hydrogen-bond acceptors (Lipinski definition) is 4. The van der Waals surface area contributed by atoms with Gasteiger partial charge in [0, 0.05) is 6.61 Å². The Morgan fingerprint density at radius 3 is 2.95 bits per heavy atom. The maximum Gasteiger partial charge on any atom is 0.285 e. The third-order valence-corrected chi connectivity index (χ3v) is 3.88. The summed E-state index contributed by atoms with van der Waals surface area (Å²) in [5, 5.41) is 8.97. The minimum Gasteiger partial charge on any atom is -0.377 e. The first-order valence-electron chi connectivity index (χ1n) is 6.62. The Balaban J connectivity index is 1.85. The van der Waals surface area contributed by atoms with E-state index in [-0.39, 0.29) is 11.1 Å². The monoisotopic (exact) mass is 327 g/mol. The van der Waals surface area contributed by atoms with Crippen LogP contribution < -0.4 is 10.9 Å². The number of ether oxygens (including phenoxy) is 1. The van der Waals surface area contributed by atoms with Crippen molar-refractivity contribution in [2.24, 2.45) is 0 Å². The zero-order valence-corrected chi connectivity index (χ0v) is 12.0. The minimum absolute atomic E-state index is 0.00839. The summed E-state index contributed by atoms with van der Waals surface area (Å²) in [7, 11) is 0. The molecule has 2 heterocycles. The topological polar surface area (TPSA) is 67.0 Å². The second-order valence-electron chi connectivity index (χ2n) is 4.93. The number of rotatable bonds is 3. The van der Waals surface area contributed by atoms with Crippen molar-refractivity contribution in [1.29, 1.82) is 0 Å². The van der Waals surface area contributed by atoms with Crippen molar-refractivity contribution in [2.45, 2.75) is 18.6 Å². The van der Waals surface area contributed by atoms with E-state index in [1.165, 1.54) is 12.3 Å². The number of nitrogens with one attached hydrogen (secondary N) is 2. The molecule has 2 N–H and O–H groups in total. The van der Waals surface area contributed by atoms with Gasteiger partial charge in [-0.25, -0.2) is 13.9 Å². The Bertz CT molecular complexity index is 753. The maximum absolute atomic E-state index is 13.4. The molecule has 2 aromatic rings. The van der Waals surface area contributed by atoms with Crippen LogP contribution in [0.2, 0.25) is 5.02 Å².